The highest BCUT2D eigenvalue weighted by Gasteiger charge is 2.14. The number of aryl methyl sites for hydroxylation is 3. The van der Waals surface area contributed by atoms with Crippen LogP contribution in [-0.2, 0) is 17.8 Å². The second kappa shape index (κ2) is 6.03. The highest BCUT2D eigenvalue weighted by atomic mass is 16.4. The summed E-state index contributed by atoms with van der Waals surface area (Å²) in [7, 11) is 0. The van der Waals surface area contributed by atoms with Crippen molar-refractivity contribution >= 4 is 17.0 Å². The third-order valence-corrected chi connectivity index (χ3v) is 3.69. The van der Waals surface area contributed by atoms with E-state index in [9.17, 15) is 4.79 Å². The Kier molecular flexibility index (Phi) is 4.37. The first-order chi connectivity index (χ1) is 9.54. The molecule has 0 atom stereocenters. The number of aliphatic carboxylic acids is 1. The van der Waals surface area contributed by atoms with Gasteiger partial charge < -0.3 is 5.11 Å². The maximum Gasteiger partial charge on any atom is 0.303 e. The van der Waals surface area contributed by atoms with Crippen molar-refractivity contribution in [2.75, 3.05) is 0 Å². The largest absolute Gasteiger partial charge is 0.481 e. The Morgan fingerprint density at radius 3 is 2.80 bits per heavy atom. The zero-order valence-corrected chi connectivity index (χ0v) is 12.3. The lowest BCUT2D eigenvalue weighted by Crippen LogP contribution is -2.05. The van der Waals surface area contributed by atoms with Gasteiger partial charge in [0.25, 0.3) is 0 Å². The lowest BCUT2D eigenvalue weighted by Gasteiger charge is -2.10. The van der Waals surface area contributed by atoms with E-state index in [1.54, 1.807) is 0 Å². The van der Waals surface area contributed by atoms with E-state index < -0.39 is 5.97 Å². The van der Waals surface area contributed by atoms with Gasteiger partial charge in [-0.2, -0.15) is 5.10 Å². The summed E-state index contributed by atoms with van der Waals surface area (Å²) >= 11 is 0. The highest BCUT2D eigenvalue weighted by Crippen LogP contribution is 2.23. The van der Waals surface area contributed by atoms with Gasteiger partial charge in [0.1, 0.15) is 0 Å². The lowest BCUT2D eigenvalue weighted by atomic mass is 10.0. The smallest absolute Gasteiger partial charge is 0.303 e. The lowest BCUT2D eigenvalue weighted by molar-refractivity contribution is -0.136. The molecule has 0 aromatic carbocycles. The first kappa shape index (κ1) is 14.5. The molecule has 2 aromatic heterocycles. The number of fused-ring (bicyclic) bond motifs is 1. The summed E-state index contributed by atoms with van der Waals surface area (Å²) < 4.78 is 1.94. The van der Waals surface area contributed by atoms with E-state index in [2.05, 4.69) is 17.0 Å². The number of hydrogen-bond donors (Lipinski definition) is 1. The minimum atomic E-state index is -0.775. The van der Waals surface area contributed by atoms with Gasteiger partial charge in [-0.3, -0.25) is 4.79 Å². The molecule has 0 unspecified atom stereocenters. The number of carboxylic acids is 1. The first-order valence-electron chi connectivity index (χ1n) is 7.08. The van der Waals surface area contributed by atoms with Crippen LogP contribution in [0.3, 0.4) is 0 Å². The highest BCUT2D eigenvalue weighted by molar-refractivity contribution is 5.80. The second-order valence-corrected chi connectivity index (χ2v) is 5.15. The van der Waals surface area contributed by atoms with E-state index in [0.717, 1.165) is 47.2 Å². The summed E-state index contributed by atoms with van der Waals surface area (Å²) in [6, 6.07) is 0. The van der Waals surface area contributed by atoms with Crippen molar-refractivity contribution in [3.8, 4) is 0 Å². The first-order valence-corrected chi connectivity index (χ1v) is 7.08. The predicted octanol–water partition coefficient (Wildman–Crippen LogP) is 2.87. The van der Waals surface area contributed by atoms with E-state index in [0.29, 0.717) is 6.42 Å². The number of carbonyl (C=O) groups is 1. The maximum atomic E-state index is 10.7. The van der Waals surface area contributed by atoms with E-state index in [1.165, 1.54) is 0 Å². The standard InChI is InChI=1S/C15H21N3O2/c1-4-5-8-18-15-13(9-16-18)10(2)12(11(3)17-15)6-7-14(19)20/h9H,4-8H2,1-3H3,(H,19,20). The van der Waals surface area contributed by atoms with Crippen LogP contribution in [0.25, 0.3) is 11.0 Å². The fraction of sp³-hybridized carbons (Fsp3) is 0.533. The number of pyridine rings is 1. The van der Waals surface area contributed by atoms with Gasteiger partial charge in [-0.25, -0.2) is 9.67 Å². The number of unbranched alkanes of at least 4 members (excludes halogenated alkanes) is 1. The molecule has 2 heterocycles. The van der Waals surface area contributed by atoms with E-state index in [4.69, 9.17) is 5.11 Å². The molecule has 0 aliphatic rings. The van der Waals surface area contributed by atoms with Gasteiger partial charge in [-0.15, -0.1) is 0 Å². The molecule has 0 aliphatic carbocycles. The molecule has 5 heteroatoms. The molecule has 0 spiro atoms. The Balaban J connectivity index is 2.40. The Bertz CT molecular complexity index is 632. The number of rotatable bonds is 6. The molecule has 1 N–H and O–H groups in total. The molecule has 20 heavy (non-hydrogen) atoms. The minimum absolute atomic E-state index is 0.138. The average molecular weight is 275 g/mol. The number of carboxylic acid groups (broad SMARTS) is 1. The third-order valence-electron chi connectivity index (χ3n) is 3.69. The molecule has 0 radical (unpaired) electrons. The fourth-order valence-corrected chi connectivity index (χ4v) is 2.49. The summed E-state index contributed by atoms with van der Waals surface area (Å²) in [5.41, 5.74) is 3.97. The van der Waals surface area contributed by atoms with Gasteiger partial charge in [0, 0.05) is 24.0 Å². The maximum absolute atomic E-state index is 10.7. The van der Waals surface area contributed by atoms with Crippen LogP contribution in [-0.4, -0.2) is 25.8 Å². The van der Waals surface area contributed by atoms with E-state index in [1.807, 2.05) is 24.7 Å². The van der Waals surface area contributed by atoms with Crippen molar-refractivity contribution in [3.05, 3.63) is 23.0 Å². The molecule has 0 amide bonds. The SMILES string of the molecule is CCCCn1ncc2c(C)c(CCC(=O)O)c(C)nc21. The van der Waals surface area contributed by atoms with Crippen molar-refractivity contribution < 1.29 is 9.90 Å². The molecule has 2 rings (SSSR count). The Labute approximate surface area is 118 Å². The molecular weight excluding hydrogens is 254 g/mol. The van der Waals surface area contributed by atoms with Crippen LogP contribution in [0.2, 0.25) is 0 Å². The molecule has 0 bridgehead atoms. The Morgan fingerprint density at radius 2 is 2.15 bits per heavy atom. The molecule has 5 nitrogen and oxygen atoms in total. The topological polar surface area (TPSA) is 68.0 Å². The summed E-state index contributed by atoms with van der Waals surface area (Å²) in [5, 5.41) is 14.3. The number of hydrogen-bond acceptors (Lipinski definition) is 3. The van der Waals surface area contributed by atoms with Gasteiger partial charge in [-0.1, -0.05) is 13.3 Å². The molecule has 0 saturated heterocycles. The summed E-state index contributed by atoms with van der Waals surface area (Å²) in [6.07, 6.45) is 4.71. The van der Waals surface area contributed by atoms with Crippen LogP contribution in [0.1, 0.15) is 43.0 Å². The van der Waals surface area contributed by atoms with Gasteiger partial charge in [0.05, 0.1) is 6.20 Å². The van der Waals surface area contributed by atoms with Crippen LogP contribution >= 0.6 is 0 Å². The number of aromatic nitrogens is 3. The molecule has 108 valence electrons. The molecular formula is C15H21N3O2. The zero-order valence-electron chi connectivity index (χ0n) is 12.3. The quantitative estimate of drug-likeness (QED) is 0.880. The van der Waals surface area contributed by atoms with Gasteiger partial charge in [-0.05, 0) is 37.8 Å². The van der Waals surface area contributed by atoms with Crippen LogP contribution in [0.15, 0.2) is 6.20 Å². The molecule has 2 aromatic rings. The minimum Gasteiger partial charge on any atom is -0.481 e. The summed E-state index contributed by atoms with van der Waals surface area (Å²) in [4.78, 5) is 15.4. The van der Waals surface area contributed by atoms with Gasteiger partial charge in [0.15, 0.2) is 5.65 Å². The van der Waals surface area contributed by atoms with Gasteiger partial charge >= 0.3 is 5.97 Å². The predicted molar refractivity (Wildman–Crippen MR) is 77.9 cm³/mol. The average Bonchev–Trinajstić information content (AvgIpc) is 2.79. The van der Waals surface area contributed by atoms with Crippen LogP contribution in [0.5, 0.6) is 0 Å². The van der Waals surface area contributed by atoms with E-state index >= 15 is 0 Å². The summed E-state index contributed by atoms with van der Waals surface area (Å²) in [6.45, 7) is 7.00. The third kappa shape index (κ3) is 2.81. The van der Waals surface area contributed by atoms with Crippen molar-refractivity contribution in [2.45, 2.75) is 53.0 Å². The van der Waals surface area contributed by atoms with Crippen LogP contribution in [0, 0.1) is 13.8 Å². The van der Waals surface area contributed by atoms with Gasteiger partial charge in [0.2, 0.25) is 0 Å². The Morgan fingerprint density at radius 1 is 1.40 bits per heavy atom. The normalized spacial score (nSPS) is 11.2. The fourth-order valence-electron chi connectivity index (χ4n) is 2.49. The Hall–Kier alpha value is -1.91. The van der Waals surface area contributed by atoms with Crippen molar-refractivity contribution in [3.63, 3.8) is 0 Å². The zero-order chi connectivity index (χ0) is 14.7. The second-order valence-electron chi connectivity index (χ2n) is 5.15. The van der Waals surface area contributed by atoms with Crippen molar-refractivity contribution in [2.24, 2.45) is 0 Å². The van der Waals surface area contributed by atoms with Crippen LogP contribution in [0.4, 0.5) is 0 Å². The molecule has 0 aliphatic heterocycles. The molecule has 0 fully saturated rings. The molecule has 0 saturated carbocycles. The van der Waals surface area contributed by atoms with Crippen molar-refractivity contribution in [1.82, 2.24) is 14.8 Å². The number of nitrogens with zero attached hydrogens (tertiary/aromatic N) is 3. The van der Waals surface area contributed by atoms with E-state index in [-0.39, 0.29) is 6.42 Å². The van der Waals surface area contributed by atoms with Crippen molar-refractivity contribution in [1.29, 1.82) is 0 Å². The summed E-state index contributed by atoms with van der Waals surface area (Å²) in [5.74, 6) is -0.775. The van der Waals surface area contributed by atoms with Crippen LogP contribution < -0.4 is 0 Å². The monoisotopic (exact) mass is 275 g/mol.